The van der Waals surface area contributed by atoms with Gasteiger partial charge in [-0.05, 0) is 18.6 Å². The molecule has 1 aromatic carbocycles. The molecule has 1 aromatic rings. The Labute approximate surface area is 127 Å². The third-order valence-corrected chi connectivity index (χ3v) is 4.56. The molecule has 0 atom stereocenters. The summed E-state index contributed by atoms with van der Waals surface area (Å²) in [5.74, 6) is 0. The average molecular weight is 348 g/mol. The summed E-state index contributed by atoms with van der Waals surface area (Å²) in [4.78, 5) is 0. The highest BCUT2D eigenvalue weighted by molar-refractivity contribution is 7.90. The molecule has 2 N–H and O–H groups in total. The van der Waals surface area contributed by atoms with Crippen LogP contribution in [0.2, 0.25) is 15.1 Å². The standard InChI is InChI=1S/C10H13Cl3N2O3S/c1-15(3-2-4-16)19(17,18)14-10-8(12)5-7(11)6-9(10)13/h5-6,14,16H,2-4H2,1H3. The summed E-state index contributed by atoms with van der Waals surface area (Å²) in [7, 11) is -2.40. The van der Waals surface area contributed by atoms with Gasteiger partial charge in [0.25, 0.3) is 0 Å². The normalized spacial score (nSPS) is 11.9. The topological polar surface area (TPSA) is 69.6 Å². The molecule has 0 fully saturated rings. The second kappa shape index (κ2) is 6.97. The molecule has 0 saturated carbocycles. The van der Waals surface area contributed by atoms with Gasteiger partial charge < -0.3 is 5.11 Å². The Kier molecular flexibility index (Phi) is 6.16. The van der Waals surface area contributed by atoms with Crippen molar-refractivity contribution >= 4 is 50.7 Å². The van der Waals surface area contributed by atoms with Crippen LogP contribution in [0.5, 0.6) is 0 Å². The Hall–Kier alpha value is -0.240. The van der Waals surface area contributed by atoms with Gasteiger partial charge in [0.15, 0.2) is 0 Å². The van der Waals surface area contributed by atoms with Gasteiger partial charge in [0.05, 0.1) is 15.7 Å². The minimum Gasteiger partial charge on any atom is -0.396 e. The van der Waals surface area contributed by atoms with Gasteiger partial charge in [-0.25, -0.2) is 0 Å². The smallest absolute Gasteiger partial charge is 0.301 e. The van der Waals surface area contributed by atoms with E-state index in [2.05, 4.69) is 4.72 Å². The quantitative estimate of drug-likeness (QED) is 0.831. The zero-order valence-electron chi connectivity index (χ0n) is 10.0. The minimum absolute atomic E-state index is 0.0728. The fourth-order valence-electron chi connectivity index (χ4n) is 1.26. The van der Waals surface area contributed by atoms with E-state index >= 15 is 0 Å². The summed E-state index contributed by atoms with van der Waals surface area (Å²) in [5, 5.41) is 9.22. The zero-order chi connectivity index (χ0) is 14.6. The first-order valence-electron chi connectivity index (χ1n) is 5.27. The maximum Gasteiger partial charge on any atom is 0.301 e. The number of rotatable bonds is 6. The maximum atomic E-state index is 12.0. The van der Waals surface area contributed by atoms with E-state index in [1.165, 1.54) is 19.2 Å². The van der Waals surface area contributed by atoms with Gasteiger partial charge in [-0.15, -0.1) is 0 Å². The van der Waals surface area contributed by atoms with E-state index in [1.54, 1.807) is 0 Å². The molecule has 0 aromatic heterocycles. The maximum absolute atomic E-state index is 12.0. The van der Waals surface area contributed by atoms with Crippen molar-refractivity contribution in [2.45, 2.75) is 6.42 Å². The van der Waals surface area contributed by atoms with Gasteiger partial charge >= 0.3 is 10.2 Å². The van der Waals surface area contributed by atoms with E-state index in [0.29, 0.717) is 11.4 Å². The van der Waals surface area contributed by atoms with Crippen LogP contribution in [0, 0.1) is 0 Å². The molecule has 0 aliphatic rings. The molecule has 108 valence electrons. The molecule has 0 bridgehead atoms. The highest BCUT2D eigenvalue weighted by Gasteiger charge is 2.20. The van der Waals surface area contributed by atoms with E-state index in [4.69, 9.17) is 39.9 Å². The Morgan fingerprint density at radius 2 is 1.79 bits per heavy atom. The molecule has 19 heavy (non-hydrogen) atoms. The van der Waals surface area contributed by atoms with Gasteiger partial charge in [-0.3, -0.25) is 4.72 Å². The predicted molar refractivity (Wildman–Crippen MR) is 78.3 cm³/mol. The number of aliphatic hydroxyl groups is 1. The zero-order valence-corrected chi connectivity index (χ0v) is 13.1. The lowest BCUT2D eigenvalue weighted by atomic mass is 10.3. The molecule has 0 radical (unpaired) electrons. The second-order valence-electron chi connectivity index (χ2n) is 3.75. The van der Waals surface area contributed by atoms with Gasteiger partial charge in [-0.1, -0.05) is 34.8 Å². The molecule has 0 unspecified atom stereocenters. The molecule has 9 heteroatoms. The van der Waals surface area contributed by atoms with Crippen LogP contribution in [-0.4, -0.2) is 38.0 Å². The molecule has 1 rings (SSSR count). The monoisotopic (exact) mass is 346 g/mol. The Morgan fingerprint density at radius 1 is 1.26 bits per heavy atom. The molecule has 0 saturated heterocycles. The lowest BCUT2D eigenvalue weighted by molar-refractivity contribution is 0.276. The Bertz CT molecular complexity index is 528. The van der Waals surface area contributed by atoms with Crippen molar-refractivity contribution in [3.8, 4) is 0 Å². The van der Waals surface area contributed by atoms with Crippen LogP contribution in [0.25, 0.3) is 0 Å². The molecular formula is C10H13Cl3N2O3S. The summed E-state index contributed by atoms with van der Waals surface area (Å²) in [6.45, 7) is 0.0803. The summed E-state index contributed by atoms with van der Waals surface area (Å²) in [6.07, 6.45) is 0.333. The van der Waals surface area contributed by atoms with Crippen molar-refractivity contribution in [3.05, 3.63) is 27.2 Å². The first-order chi connectivity index (χ1) is 8.77. The Morgan fingerprint density at radius 3 is 2.26 bits per heavy atom. The molecular weight excluding hydrogens is 335 g/mol. The number of nitrogens with one attached hydrogen (secondary N) is 1. The third-order valence-electron chi connectivity index (χ3n) is 2.28. The van der Waals surface area contributed by atoms with E-state index in [0.717, 1.165) is 4.31 Å². The number of anilines is 1. The minimum atomic E-state index is -3.78. The third kappa shape index (κ3) is 4.66. The molecule has 5 nitrogen and oxygen atoms in total. The SMILES string of the molecule is CN(CCCO)S(=O)(=O)Nc1c(Cl)cc(Cl)cc1Cl. The van der Waals surface area contributed by atoms with Crippen LogP contribution < -0.4 is 4.72 Å². The number of benzene rings is 1. The van der Waals surface area contributed by atoms with Gasteiger partial charge in [0, 0.05) is 25.2 Å². The molecule has 0 heterocycles. The summed E-state index contributed by atoms with van der Waals surface area (Å²) >= 11 is 17.5. The van der Waals surface area contributed by atoms with E-state index in [9.17, 15) is 8.42 Å². The van der Waals surface area contributed by atoms with Gasteiger partial charge in [-0.2, -0.15) is 12.7 Å². The van der Waals surface area contributed by atoms with E-state index in [-0.39, 0.29) is 28.9 Å². The van der Waals surface area contributed by atoms with Gasteiger partial charge in [0.1, 0.15) is 0 Å². The number of hydrogen-bond acceptors (Lipinski definition) is 3. The molecule has 0 aliphatic carbocycles. The lowest BCUT2D eigenvalue weighted by Gasteiger charge is -2.19. The van der Waals surface area contributed by atoms with E-state index in [1.807, 2.05) is 0 Å². The van der Waals surface area contributed by atoms with Crippen LogP contribution in [0.4, 0.5) is 5.69 Å². The summed E-state index contributed by atoms with van der Waals surface area (Å²) < 4.78 is 27.3. The Balaban J connectivity index is 2.96. The lowest BCUT2D eigenvalue weighted by Crippen LogP contribution is -2.33. The van der Waals surface area contributed by atoms with Crippen molar-refractivity contribution in [2.75, 3.05) is 24.9 Å². The van der Waals surface area contributed by atoms with Crippen molar-refractivity contribution in [3.63, 3.8) is 0 Å². The first kappa shape index (κ1) is 16.8. The van der Waals surface area contributed by atoms with Crippen LogP contribution in [0.15, 0.2) is 12.1 Å². The highest BCUT2D eigenvalue weighted by Crippen LogP contribution is 2.34. The largest absolute Gasteiger partial charge is 0.396 e. The second-order valence-corrected chi connectivity index (χ2v) is 6.78. The first-order valence-corrected chi connectivity index (χ1v) is 7.85. The van der Waals surface area contributed by atoms with Crippen molar-refractivity contribution < 1.29 is 13.5 Å². The molecule has 0 amide bonds. The van der Waals surface area contributed by atoms with Crippen LogP contribution >= 0.6 is 34.8 Å². The molecule has 0 spiro atoms. The van der Waals surface area contributed by atoms with Crippen LogP contribution in [0.3, 0.4) is 0 Å². The average Bonchev–Trinajstić information content (AvgIpc) is 2.30. The van der Waals surface area contributed by atoms with Crippen molar-refractivity contribution in [1.82, 2.24) is 4.31 Å². The van der Waals surface area contributed by atoms with Crippen LogP contribution in [0.1, 0.15) is 6.42 Å². The number of halogens is 3. The van der Waals surface area contributed by atoms with Crippen LogP contribution in [-0.2, 0) is 10.2 Å². The van der Waals surface area contributed by atoms with Crippen molar-refractivity contribution in [1.29, 1.82) is 0 Å². The van der Waals surface area contributed by atoms with Gasteiger partial charge in [0.2, 0.25) is 0 Å². The number of hydrogen-bond donors (Lipinski definition) is 2. The number of nitrogens with zero attached hydrogens (tertiary/aromatic N) is 1. The number of aliphatic hydroxyl groups excluding tert-OH is 1. The summed E-state index contributed by atoms with van der Waals surface area (Å²) in [5.41, 5.74) is 0.0728. The summed E-state index contributed by atoms with van der Waals surface area (Å²) in [6, 6.07) is 2.78. The highest BCUT2D eigenvalue weighted by atomic mass is 35.5. The fourth-order valence-corrected chi connectivity index (χ4v) is 3.29. The van der Waals surface area contributed by atoms with Crippen molar-refractivity contribution in [2.24, 2.45) is 0 Å². The molecule has 0 aliphatic heterocycles. The van der Waals surface area contributed by atoms with E-state index < -0.39 is 10.2 Å². The predicted octanol–water partition coefficient (Wildman–Crippen LogP) is 2.62. The fraction of sp³-hybridized carbons (Fsp3) is 0.400.